The molecule has 0 aromatic heterocycles. The molecule has 19 heavy (non-hydrogen) atoms. The van der Waals surface area contributed by atoms with Gasteiger partial charge in [0.25, 0.3) is 0 Å². The number of aryl methyl sites for hydroxylation is 1. The van der Waals surface area contributed by atoms with Crippen molar-refractivity contribution < 1.29 is 14.3 Å². The van der Waals surface area contributed by atoms with Gasteiger partial charge in [-0.15, -0.1) is 0 Å². The summed E-state index contributed by atoms with van der Waals surface area (Å²) < 4.78 is 10.9. The quantitative estimate of drug-likeness (QED) is 0.791. The minimum atomic E-state index is 0.238. The molecule has 1 aliphatic heterocycles. The Hall–Kier alpha value is -1.35. The highest BCUT2D eigenvalue weighted by atomic mass is 16.5. The van der Waals surface area contributed by atoms with E-state index >= 15 is 0 Å². The normalized spacial score (nSPS) is 18.5. The minimum Gasteiger partial charge on any atom is -0.496 e. The summed E-state index contributed by atoms with van der Waals surface area (Å²) in [4.78, 5) is 11.1. The molecule has 1 aromatic rings. The van der Waals surface area contributed by atoms with Crippen molar-refractivity contribution in [3.05, 3.63) is 29.3 Å². The largest absolute Gasteiger partial charge is 0.496 e. The number of carbonyl (C=O) groups is 1. The third-order valence-corrected chi connectivity index (χ3v) is 3.64. The number of carbonyl (C=O) groups excluding carboxylic acids is 1. The van der Waals surface area contributed by atoms with Gasteiger partial charge < -0.3 is 14.3 Å². The van der Waals surface area contributed by atoms with E-state index in [-0.39, 0.29) is 5.78 Å². The maximum atomic E-state index is 11.1. The molecule has 0 saturated carbocycles. The molecule has 2 rings (SSSR count). The second-order valence-corrected chi connectivity index (χ2v) is 5.28. The van der Waals surface area contributed by atoms with Crippen molar-refractivity contribution in [1.82, 2.24) is 0 Å². The van der Waals surface area contributed by atoms with Gasteiger partial charge in [0, 0.05) is 19.6 Å². The Morgan fingerprint density at radius 2 is 2.32 bits per heavy atom. The minimum absolute atomic E-state index is 0.238. The van der Waals surface area contributed by atoms with Gasteiger partial charge in [-0.25, -0.2) is 0 Å². The first-order valence-corrected chi connectivity index (χ1v) is 6.92. The number of rotatable bonds is 6. The summed E-state index contributed by atoms with van der Waals surface area (Å²) in [7, 11) is 1.71. The van der Waals surface area contributed by atoms with Crippen molar-refractivity contribution in [3.63, 3.8) is 0 Å². The fourth-order valence-corrected chi connectivity index (χ4v) is 2.52. The molecule has 104 valence electrons. The molecule has 1 aliphatic rings. The predicted molar refractivity (Wildman–Crippen MR) is 74.6 cm³/mol. The van der Waals surface area contributed by atoms with E-state index in [0.29, 0.717) is 12.3 Å². The first-order chi connectivity index (χ1) is 9.19. The standard InChI is InChI=1S/C16H22O3/c1-12(17)3-4-13-5-6-16(18-2)15(9-13)10-14-7-8-19-11-14/h5-6,9,14H,3-4,7-8,10-11H2,1-2H3. The van der Waals surface area contributed by atoms with Gasteiger partial charge >= 0.3 is 0 Å². The summed E-state index contributed by atoms with van der Waals surface area (Å²) in [5.74, 6) is 1.77. The molecule has 0 radical (unpaired) electrons. The first-order valence-electron chi connectivity index (χ1n) is 6.92. The summed E-state index contributed by atoms with van der Waals surface area (Å²) in [6, 6.07) is 6.25. The van der Waals surface area contributed by atoms with Gasteiger partial charge in [-0.05, 0) is 49.3 Å². The first kappa shape index (κ1) is 14.1. The molecule has 1 atom stereocenters. The summed E-state index contributed by atoms with van der Waals surface area (Å²) in [5, 5.41) is 0. The highest BCUT2D eigenvalue weighted by molar-refractivity contribution is 5.75. The highest BCUT2D eigenvalue weighted by Gasteiger charge is 2.18. The lowest BCUT2D eigenvalue weighted by Gasteiger charge is -2.13. The molecule has 0 aliphatic carbocycles. The van der Waals surface area contributed by atoms with E-state index in [1.165, 1.54) is 11.1 Å². The molecule has 0 spiro atoms. The molecule has 1 unspecified atom stereocenters. The Morgan fingerprint density at radius 3 is 2.95 bits per heavy atom. The van der Waals surface area contributed by atoms with Crippen molar-refractivity contribution in [2.24, 2.45) is 5.92 Å². The lowest BCUT2D eigenvalue weighted by molar-refractivity contribution is -0.116. The van der Waals surface area contributed by atoms with Crippen LogP contribution in [-0.2, 0) is 22.4 Å². The SMILES string of the molecule is COc1ccc(CCC(C)=O)cc1CC1CCOC1. The van der Waals surface area contributed by atoms with Crippen LogP contribution in [-0.4, -0.2) is 26.1 Å². The Bertz CT molecular complexity index is 434. The summed E-state index contributed by atoms with van der Waals surface area (Å²) in [5.41, 5.74) is 2.45. The summed E-state index contributed by atoms with van der Waals surface area (Å²) in [6.45, 7) is 3.36. The molecule has 1 aromatic carbocycles. The van der Waals surface area contributed by atoms with Crippen LogP contribution in [0.5, 0.6) is 5.75 Å². The van der Waals surface area contributed by atoms with Gasteiger partial charge in [0.1, 0.15) is 11.5 Å². The van der Waals surface area contributed by atoms with Crippen LogP contribution < -0.4 is 4.74 Å². The molecule has 1 heterocycles. The van der Waals surface area contributed by atoms with Gasteiger partial charge in [0.15, 0.2) is 0 Å². The number of methoxy groups -OCH3 is 1. The number of hydrogen-bond donors (Lipinski definition) is 0. The van der Waals surface area contributed by atoms with Crippen LogP contribution in [0.15, 0.2) is 18.2 Å². The number of ketones is 1. The van der Waals surface area contributed by atoms with E-state index in [1.807, 2.05) is 6.07 Å². The van der Waals surface area contributed by atoms with Crippen molar-refractivity contribution in [2.45, 2.75) is 32.6 Å². The Kier molecular flexibility index (Phi) is 4.97. The molecule has 0 amide bonds. The monoisotopic (exact) mass is 262 g/mol. The topological polar surface area (TPSA) is 35.5 Å². The van der Waals surface area contributed by atoms with Crippen molar-refractivity contribution in [2.75, 3.05) is 20.3 Å². The van der Waals surface area contributed by atoms with E-state index in [1.54, 1.807) is 14.0 Å². The van der Waals surface area contributed by atoms with Crippen LogP contribution in [0.1, 0.15) is 30.9 Å². The van der Waals surface area contributed by atoms with Crippen molar-refractivity contribution >= 4 is 5.78 Å². The molecule has 0 N–H and O–H groups in total. The second-order valence-electron chi connectivity index (χ2n) is 5.28. The Balaban J connectivity index is 2.08. The fraction of sp³-hybridized carbons (Fsp3) is 0.562. The van der Waals surface area contributed by atoms with E-state index in [4.69, 9.17) is 9.47 Å². The molecule has 1 saturated heterocycles. The van der Waals surface area contributed by atoms with Crippen LogP contribution in [0.25, 0.3) is 0 Å². The van der Waals surface area contributed by atoms with Crippen LogP contribution in [0.3, 0.4) is 0 Å². The van der Waals surface area contributed by atoms with Crippen LogP contribution in [0.4, 0.5) is 0 Å². The van der Waals surface area contributed by atoms with Crippen LogP contribution in [0.2, 0.25) is 0 Å². The number of hydrogen-bond acceptors (Lipinski definition) is 3. The molecular weight excluding hydrogens is 240 g/mol. The third kappa shape index (κ3) is 4.06. The zero-order chi connectivity index (χ0) is 13.7. The molecule has 0 bridgehead atoms. The zero-order valence-corrected chi connectivity index (χ0v) is 11.8. The maximum Gasteiger partial charge on any atom is 0.130 e. The van der Waals surface area contributed by atoms with E-state index < -0.39 is 0 Å². The lowest BCUT2D eigenvalue weighted by atomic mass is 9.95. The Labute approximate surface area is 114 Å². The van der Waals surface area contributed by atoms with Gasteiger partial charge in [0.2, 0.25) is 0 Å². The van der Waals surface area contributed by atoms with Crippen LogP contribution in [0, 0.1) is 5.92 Å². The van der Waals surface area contributed by atoms with E-state index in [9.17, 15) is 4.79 Å². The predicted octanol–water partition coefficient (Wildman–Crippen LogP) is 2.80. The van der Waals surface area contributed by atoms with Gasteiger partial charge in [-0.2, -0.15) is 0 Å². The smallest absolute Gasteiger partial charge is 0.130 e. The Morgan fingerprint density at radius 1 is 1.47 bits per heavy atom. The van der Waals surface area contributed by atoms with E-state index in [2.05, 4.69) is 12.1 Å². The van der Waals surface area contributed by atoms with Gasteiger partial charge in [0.05, 0.1) is 7.11 Å². The van der Waals surface area contributed by atoms with E-state index in [0.717, 1.165) is 38.2 Å². The number of ether oxygens (including phenoxy) is 2. The lowest BCUT2D eigenvalue weighted by Crippen LogP contribution is -2.06. The van der Waals surface area contributed by atoms with Crippen LogP contribution >= 0.6 is 0 Å². The number of Topliss-reactive ketones (excluding diaryl/α,β-unsaturated/α-hetero) is 1. The molecule has 1 fully saturated rings. The molecular formula is C16H22O3. The fourth-order valence-electron chi connectivity index (χ4n) is 2.52. The third-order valence-electron chi connectivity index (χ3n) is 3.64. The van der Waals surface area contributed by atoms with Crippen molar-refractivity contribution in [3.8, 4) is 5.75 Å². The molecule has 3 nitrogen and oxygen atoms in total. The maximum absolute atomic E-state index is 11.1. The van der Waals surface area contributed by atoms with Gasteiger partial charge in [-0.3, -0.25) is 0 Å². The summed E-state index contributed by atoms with van der Waals surface area (Å²) >= 11 is 0. The summed E-state index contributed by atoms with van der Waals surface area (Å²) in [6.07, 6.45) is 3.55. The molecule has 3 heteroatoms. The average molecular weight is 262 g/mol. The number of benzene rings is 1. The highest BCUT2D eigenvalue weighted by Crippen LogP contribution is 2.26. The van der Waals surface area contributed by atoms with Crippen molar-refractivity contribution in [1.29, 1.82) is 0 Å². The average Bonchev–Trinajstić information content (AvgIpc) is 2.89. The van der Waals surface area contributed by atoms with Gasteiger partial charge in [-0.1, -0.05) is 12.1 Å². The zero-order valence-electron chi connectivity index (χ0n) is 11.8. The second kappa shape index (κ2) is 6.71.